The summed E-state index contributed by atoms with van der Waals surface area (Å²) in [7, 11) is -3.74. The molecule has 1 aromatic heterocycles. The van der Waals surface area contributed by atoms with E-state index >= 15 is 0 Å². The molecule has 0 aliphatic carbocycles. The zero-order valence-corrected chi connectivity index (χ0v) is 15.4. The molecule has 1 saturated heterocycles. The van der Waals surface area contributed by atoms with E-state index in [4.69, 9.17) is 0 Å². The molecular weight excluding hydrogens is 360 g/mol. The number of piperidine rings is 1. The van der Waals surface area contributed by atoms with E-state index in [1.807, 2.05) is 0 Å². The third kappa shape index (κ3) is 3.96. The molecule has 25 heavy (non-hydrogen) atoms. The minimum atomic E-state index is -3.74. The Balaban J connectivity index is 1.97. The molecule has 6 nitrogen and oxygen atoms in total. The SMILES string of the molecule is CC1CCN(c2ccc(C(=O)O)cc2NS(=O)(=O)c2cccs2)CC1. The van der Waals surface area contributed by atoms with Crippen molar-refractivity contribution < 1.29 is 18.3 Å². The number of benzene rings is 1. The predicted octanol–water partition coefficient (Wildman–Crippen LogP) is 3.48. The van der Waals surface area contributed by atoms with Crippen molar-refractivity contribution in [3.63, 3.8) is 0 Å². The van der Waals surface area contributed by atoms with Gasteiger partial charge in [0, 0.05) is 13.1 Å². The summed E-state index contributed by atoms with van der Waals surface area (Å²) in [6, 6.07) is 7.78. The largest absolute Gasteiger partial charge is 0.478 e. The lowest BCUT2D eigenvalue weighted by atomic mass is 9.98. The summed E-state index contributed by atoms with van der Waals surface area (Å²) in [5.74, 6) is -0.448. The van der Waals surface area contributed by atoms with E-state index in [0.29, 0.717) is 11.6 Å². The molecule has 0 radical (unpaired) electrons. The highest BCUT2D eigenvalue weighted by Gasteiger charge is 2.23. The van der Waals surface area contributed by atoms with Crippen LogP contribution in [-0.2, 0) is 10.0 Å². The lowest BCUT2D eigenvalue weighted by Crippen LogP contribution is -2.33. The van der Waals surface area contributed by atoms with Gasteiger partial charge < -0.3 is 10.0 Å². The first-order valence-electron chi connectivity index (χ1n) is 8.05. The van der Waals surface area contributed by atoms with Crippen LogP contribution in [0, 0.1) is 5.92 Å². The summed E-state index contributed by atoms with van der Waals surface area (Å²) >= 11 is 1.12. The maximum absolute atomic E-state index is 12.6. The third-order valence-electron chi connectivity index (χ3n) is 4.37. The molecule has 0 spiro atoms. The van der Waals surface area contributed by atoms with Crippen molar-refractivity contribution in [1.82, 2.24) is 0 Å². The van der Waals surface area contributed by atoms with Crippen LogP contribution in [0.2, 0.25) is 0 Å². The number of anilines is 2. The normalized spacial score (nSPS) is 16.0. The van der Waals surface area contributed by atoms with Gasteiger partial charge in [0.15, 0.2) is 0 Å². The highest BCUT2D eigenvalue weighted by atomic mass is 32.2. The van der Waals surface area contributed by atoms with Gasteiger partial charge in [0.25, 0.3) is 10.0 Å². The van der Waals surface area contributed by atoms with Crippen molar-refractivity contribution in [3.8, 4) is 0 Å². The lowest BCUT2D eigenvalue weighted by Gasteiger charge is -2.33. The molecule has 0 saturated carbocycles. The zero-order chi connectivity index (χ0) is 18.0. The number of thiophene rings is 1. The van der Waals surface area contributed by atoms with E-state index in [2.05, 4.69) is 16.5 Å². The van der Waals surface area contributed by atoms with Crippen molar-refractivity contribution in [2.75, 3.05) is 22.7 Å². The molecule has 0 unspecified atom stereocenters. The van der Waals surface area contributed by atoms with Crippen molar-refractivity contribution in [2.45, 2.75) is 24.0 Å². The fourth-order valence-corrected chi connectivity index (χ4v) is 4.95. The average Bonchev–Trinajstić information content (AvgIpc) is 3.11. The summed E-state index contributed by atoms with van der Waals surface area (Å²) < 4.78 is 27.9. The molecule has 8 heteroatoms. The first kappa shape index (κ1) is 17.8. The molecule has 0 atom stereocenters. The maximum atomic E-state index is 12.6. The standard InChI is InChI=1S/C17H20N2O4S2/c1-12-6-8-19(9-7-12)15-5-4-13(17(20)21)11-14(15)18-25(22,23)16-3-2-10-24-16/h2-5,10-12,18H,6-9H2,1H3,(H,20,21). The molecule has 2 aromatic rings. The molecule has 0 bridgehead atoms. The highest BCUT2D eigenvalue weighted by Crippen LogP contribution is 2.33. The van der Waals surface area contributed by atoms with Crippen LogP contribution in [0.25, 0.3) is 0 Å². The van der Waals surface area contributed by atoms with Crippen LogP contribution in [0.4, 0.5) is 11.4 Å². The number of aromatic carboxylic acids is 1. The first-order valence-corrected chi connectivity index (χ1v) is 10.4. The second-order valence-corrected chi connectivity index (χ2v) is 9.10. The number of carboxylic acids is 1. The Bertz CT molecular complexity index is 855. The summed E-state index contributed by atoms with van der Waals surface area (Å²) in [6.07, 6.45) is 2.05. The minimum Gasteiger partial charge on any atom is -0.478 e. The molecular formula is C17H20N2O4S2. The number of carbonyl (C=O) groups is 1. The van der Waals surface area contributed by atoms with Gasteiger partial charge in [-0.25, -0.2) is 13.2 Å². The van der Waals surface area contributed by atoms with E-state index in [-0.39, 0.29) is 9.77 Å². The molecule has 1 fully saturated rings. The average molecular weight is 380 g/mol. The Morgan fingerprint density at radius 2 is 2.00 bits per heavy atom. The zero-order valence-electron chi connectivity index (χ0n) is 13.8. The van der Waals surface area contributed by atoms with E-state index in [0.717, 1.165) is 43.0 Å². The van der Waals surface area contributed by atoms with Crippen LogP contribution in [0.1, 0.15) is 30.1 Å². The highest BCUT2D eigenvalue weighted by molar-refractivity contribution is 7.94. The summed E-state index contributed by atoms with van der Waals surface area (Å²) in [4.78, 5) is 13.4. The van der Waals surface area contributed by atoms with E-state index in [1.165, 1.54) is 18.2 Å². The van der Waals surface area contributed by atoms with Crippen LogP contribution in [0.3, 0.4) is 0 Å². The van der Waals surface area contributed by atoms with Crippen LogP contribution in [0.15, 0.2) is 39.9 Å². The molecule has 1 aromatic carbocycles. The number of nitrogens with zero attached hydrogens (tertiary/aromatic N) is 1. The van der Waals surface area contributed by atoms with Crippen molar-refractivity contribution in [2.24, 2.45) is 5.92 Å². The Morgan fingerprint density at radius 3 is 2.60 bits per heavy atom. The summed E-state index contributed by atoms with van der Waals surface area (Å²) in [6.45, 7) is 3.84. The molecule has 2 heterocycles. The Hall–Kier alpha value is -2.06. The smallest absolute Gasteiger partial charge is 0.335 e. The van der Waals surface area contributed by atoms with Crippen molar-refractivity contribution in [3.05, 3.63) is 41.3 Å². The molecule has 1 aliphatic heterocycles. The monoisotopic (exact) mass is 380 g/mol. The second-order valence-electron chi connectivity index (χ2n) is 6.24. The number of hydrogen-bond acceptors (Lipinski definition) is 5. The number of carboxylic acid groups (broad SMARTS) is 1. The van der Waals surface area contributed by atoms with Gasteiger partial charge in [-0.1, -0.05) is 13.0 Å². The van der Waals surface area contributed by atoms with Gasteiger partial charge in [-0.3, -0.25) is 4.72 Å². The van der Waals surface area contributed by atoms with E-state index in [9.17, 15) is 18.3 Å². The lowest BCUT2D eigenvalue weighted by molar-refractivity contribution is 0.0697. The maximum Gasteiger partial charge on any atom is 0.335 e. The van der Waals surface area contributed by atoms with E-state index < -0.39 is 16.0 Å². The number of nitrogens with one attached hydrogen (secondary N) is 1. The van der Waals surface area contributed by atoms with E-state index in [1.54, 1.807) is 17.5 Å². The van der Waals surface area contributed by atoms with Gasteiger partial charge in [0.05, 0.1) is 16.9 Å². The molecule has 3 rings (SSSR count). The predicted molar refractivity (Wildman–Crippen MR) is 99.1 cm³/mol. The Morgan fingerprint density at radius 1 is 1.28 bits per heavy atom. The number of hydrogen-bond donors (Lipinski definition) is 2. The number of sulfonamides is 1. The van der Waals surface area contributed by atoms with Crippen LogP contribution in [0.5, 0.6) is 0 Å². The van der Waals surface area contributed by atoms with Gasteiger partial charge in [-0.2, -0.15) is 0 Å². The van der Waals surface area contributed by atoms with Crippen molar-refractivity contribution >= 4 is 38.7 Å². The Labute approximate surface area is 151 Å². The van der Waals surface area contributed by atoms with Gasteiger partial charge in [0.1, 0.15) is 4.21 Å². The van der Waals surface area contributed by atoms with Crippen LogP contribution < -0.4 is 9.62 Å². The number of rotatable bonds is 5. The van der Waals surface area contributed by atoms with Gasteiger partial charge in [-0.15, -0.1) is 11.3 Å². The van der Waals surface area contributed by atoms with Crippen molar-refractivity contribution in [1.29, 1.82) is 0 Å². The van der Waals surface area contributed by atoms with Crippen LogP contribution >= 0.6 is 11.3 Å². The Kier molecular flexibility index (Phi) is 5.01. The topological polar surface area (TPSA) is 86.7 Å². The second kappa shape index (κ2) is 7.05. The van der Waals surface area contributed by atoms with Gasteiger partial charge >= 0.3 is 5.97 Å². The third-order valence-corrected chi connectivity index (χ3v) is 7.14. The fourth-order valence-electron chi connectivity index (χ4n) is 2.89. The molecule has 2 N–H and O–H groups in total. The quantitative estimate of drug-likeness (QED) is 0.829. The molecule has 134 valence electrons. The first-order chi connectivity index (χ1) is 11.9. The molecule has 0 amide bonds. The molecule has 1 aliphatic rings. The fraction of sp³-hybridized carbons (Fsp3) is 0.353. The van der Waals surface area contributed by atoms with Crippen LogP contribution in [-0.4, -0.2) is 32.6 Å². The van der Waals surface area contributed by atoms with Gasteiger partial charge in [0.2, 0.25) is 0 Å². The summed E-state index contributed by atoms with van der Waals surface area (Å²) in [5.41, 5.74) is 1.08. The minimum absolute atomic E-state index is 0.0537. The summed E-state index contributed by atoms with van der Waals surface area (Å²) in [5, 5.41) is 10.9. The van der Waals surface area contributed by atoms with Gasteiger partial charge in [-0.05, 0) is 48.4 Å².